The first-order chi connectivity index (χ1) is 16.3. The summed E-state index contributed by atoms with van der Waals surface area (Å²) >= 11 is 9.81. The molecule has 10 heteroatoms. The Morgan fingerprint density at radius 1 is 1.29 bits per heavy atom. The maximum absolute atomic E-state index is 13.2. The van der Waals surface area contributed by atoms with Gasteiger partial charge in [0.15, 0.2) is 17.6 Å². The largest absolute Gasteiger partial charge is 0.493 e. The molecule has 0 spiro atoms. The van der Waals surface area contributed by atoms with Gasteiger partial charge in [-0.05, 0) is 49.2 Å². The van der Waals surface area contributed by atoms with E-state index in [0.29, 0.717) is 34.5 Å². The standard InChI is InChI=1S/C24H25BrClN3O5/c1-5-6-7-21-28-19-9-8-16(25)12-17(19)23(30)29(21)27-13-15-10-18(26)22(20(11-15)32-3)34-14(2)24(31)33-4/h8-14H,5-7H2,1-4H3/t14-/m0/s1. The molecule has 1 atom stereocenters. The van der Waals surface area contributed by atoms with Gasteiger partial charge in [-0.1, -0.05) is 40.9 Å². The summed E-state index contributed by atoms with van der Waals surface area (Å²) in [5, 5.41) is 5.11. The number of fused-ring (bicyclic) bond motifs is 1. The molecule has 0 unspecified atom stereocenters. The van der Waals surface area contributed by atoms with Crippen LogP contribution in [0.3, 0.4) is 0 Å². The Hall–Kier alpha value is -2.91. The molecule has 3 aromatic rings. The summed E-state index contributed by atoms with van der Waals surface area (Å²) in [5.41, 5.74) is 0.929. The molecule has 180 valence electrons. The second-order valence-corrected chi connectivity index (χ2v) is 8.79. The number of unbranched alkanes of at least 4 members (excludes halogenated alkanes) is 1. The lowest BCUT2D eigenvalue weighted by atomic mass is 10.2. The number of carbonyl (C=O) groups is 1. The van der Waals surface area contributed by atoms with E-state index in [0.717, 1.165) is 17.3 Å². The topological polar surface area (TPSA) is 92.0 Å². The van der Waals surface area contributed by atoms with Gasteiger partial charge in [0.2, 0.25) is 0 Å². The Balaban J connectivity index is 2.03. The van der Waals surface area contributed by atoms with Crippen molar-refractivity contribution in [1.29, 1.82) is 0 Å². The predicted molar refractivity (Wildman–Crippen MR) is 135 cm³/mol. The van der Waals surface area contributed by atoms with Crippen molar-refractivity contribution in [3.05, 3.63) is 61.6 Å². The number of nitrogens with zero attached hydrogens (tertiary/aromatic N) is 3. The molecule has 1 heterocycles. The first-order valence-electron chi connectivity index (χ1n) is 10.7. The quantitative estimate of drug-likeness (QED) is 0.275. The van der Waals surface area contributed by atoms with Crippen molar-refractivity contribution >= 4 is 50.6 Å². The fourth-order valence-corrected chi connectivity index (χ4v) is 3.88. The smallest absolute Gasteiger partial charge is 0.346 e. The van der Waals surface area contributed by atoms with Crippen LogP contribution >= 0.6 is 27.5 Å². The molecule has 1 aromatic heterocycles. The van der Waals surface area contributed by atoms with E-state index in [4.69, 9.17) is 21.1 Å². The predicted octanol–water partition coefficient (Wildman–Crippen LogP) is 4.99. The number of ether oxygens (including phenoxy) is 3. The maximum Gasteiger partial charge on any atom is 0.346 e. The van der Waals surface area contributed by atoms with E-state index in [9.17, 15) is 9.59 Å². The van der Waals surface area contributed by atoms with Crippen LogP contribution in [-0.2, 0) is 16.0 Å². The molecule has 0 aliphatic carbocycles. The van der Waals surface area contributed by atoms with Gasteiger partial charge >= 0.3 is 5.97 Å². The van der Waals surface area contributed by atoms with Crippen LogP contribution in [0.4, 0.5) is 0 Å². The third-order valence-electron chi connectivity index (χ3n) is 5.03. The monoisotopic (exact) mass is 549 g/mol. The van der Waals surface area contributed by atoms with Gasteiger partial charge in [-0.3, -0.25) is 4.79 Å². The Bertz CT molecular complexity index is 1290. The van der Waals surface area contributed by atoms with Crippen molar-refractivity contribution < 1.29 is 19.0 Å². The zero-order chi connectivity index (χ0) is 24.8. The summed E-state index contributed by atoms with van der Waals surface area (Å²) in [4.78, 5) is 29.6. The van der Waals surface area contributed by atoms with Gasteiger partial charge in [-0.15, -0.1) is 0 Å². The summed E-state index contributed by atoms with van der Waals surface area (Å²) in [6.45, 7) is 3.62. The number of methoxy groups -OCH3 is 2. The highest BCUT2D eigenvalue weighted by molar-refractivity contribution is 9.10. The molecule has 0 fully saturated rings. The average molecular weight is 551 g/mol. The van der Waals surface area contributed by atoms with Gasteiger partial charge in [-0.2, -0.15) is 9.78 Å². The molecule has 0 radical (unpaired) electrons. The van der Waals surface area contributed by atoms with Crippen LogP contribution in [0.2, 0.25) is 5.02 Å². The van der Waals surface area contributed by atoms with Gasteiger partial charge in [-0.25, -0.2) is 9.78 Å². The number of hydrogen-bond donors (Lipinski definition) is 0. The first kappa shape index (κ1) is 25.7. The summed E-state index contributed by atoms with van der Waals surface area (Å²) < 4.78 is 17.8. The van der Waals surface area contributed by atoms with Gasteiger partial charge in [0.05, 0.1) is 36.4 Å². The molecule has 0 N–H and O–H groups in total. The Labute approximate surface area is 210 Å². The minimum Gasteiger partial charge on any atom is -0.493 e. The van der Waals surface area contributed by atoms with Crippen LogP contribution in [0.1, 0.15) is 38.1 Å². The van der Waals surface area contributed by atoms with Crippen LogP contribution in [0.15, 0.2) is 44.7 Å². The van der Waals surface area contributed by atoms with E-state index in [1.165, 1.54) is 25.1 Å². The molecule has 0 amide bonds. The molecule has 0 saturated carbocycles. The summed E-state index contributed by atoms with van der Waals surface area (Å²) in [6.07, 6.45) is 3.06. The van der Waals surface area contributed by atoms with E-state index in [1.807, 2.05) is 12.1 Å². The number of rotatable bonds is 9. The highest BCUT2D eigenvalue weighted by atomic mass is 79.9. The molecule has 3 rings (SSSR count). The van der Waals surface area contributed by atoms with Crippen LogP contribution < -0.4 is 15.0 Å². The number of halogens is 2. The van der Waals surface area contributed by atoms with Crippen molar-refractivity contribution in [2.45, 2.75) is 39.2 Å². The van der Waals surface area contributed by atoms with Gasteiger partial charge in [0.25, 0.3) is 5.56 Å². The molecule has 0 saturated heterocycles. The van der Waals surface area contributed by atoms with Gasteiger partial charge in [0, 0.05) is 10.9 Å². The SMILES string of the molecule is CCCCc1nc2ccc(Br)cc2c(=O)n1N=Cc1cc(Cl)c(O[C@@H](C)C(=O)OC)c(OC)c1. The van der Waals surface area contributed by atoms with Crippen molar-refractivity contribution in [1.82, 2.24) is 9.66 Å². The maximum atomic E-state index is 13.2. The van der Waals surface area contributed by atoms with E-state index < -0.39 is 12.1 Å². The second kappa shape index (κ2) is 11.5. The van der Waals surface area contributed by atoms with Crippen molar-refractivity contribution in [2.24, 2.45) is 5.10 Å². The average Bonchev–Trinajstić information content (AvgIpc) is 2.83. The summed E-state index contributed by atoms with van der Waals surface area (Å²) in [6, 6.07) is 8.65. The number of hydrogen-bond acceptors (Lipinski definition) is 7. The zero-order valence-electron chi connectivity index (χ0n) is 19.3. The molecule has 8 nitrogen and oxygen atoms in total. The van der Waals surface area contributed by atoms with E-state index in [1.54, 1.807) is 25.1 Å². The zero-order valence-corrected chi connectivity index (χ0v) is 21.6. The number of benzene rings is 2. The number of esters is 1. The molecule has 0 aliphatic rings. The third kappa shape index (κ3) is 5.77. The Morgan fingerprint density at radius 2 is 2.06 bits per heavy atom. The highest BCUT2D eigenvalue weighted by Gasteiger charge is 2.20. The van der Waals surface area contributed by atoms with E-state index in [-0.39, 0.29) is 16.3 Å². The lowest BCUT2D eigenvalue weighted by molar-refractivity contribution is -0.147. The Morgan fingerprint density at radius 3 is 2.74 bits per heavy atom. The molecule has 0 bridgehead atoms. The number of aryl methyl sites for hydroxylation is 1. The summed E-state index contributed by atoms with van der Waals surface area (Å²) in [5.74, 6) is 0.544. The van der Waals surface area contributed by atoms with E-state index in [2.05, 4.69) is 37.7 Å². The number of carbonyl (C=O) groups excluding carboxylic acids is 1. The van der Waals surface area contributed by atoms with Crippen molar-refractivity contribution in [3.63, 3.8) is 0 Å². The number of aromatic nitrogens is 2. The second-order valence-electron chi connectivity index (χ2n) is 7.47. The highest BCUT2D eigenvalue weighted by Crippen LogP contribution is 2.37. The lowest BCUT2D eigenvalue weighted by Gasteiger charge is -2.17. The van der Waals surface area contributed by atoms with E-state index >= 15 is 0 Å². The minimum atomic E-state index is -0.876. The van der Waals surface area contributed by atoms with Crippen LogP contribution in [0.25, 0.3) is 10.9 Å². The van der Waals surface area contributed by atoms with Gasteiger partial charge in [0.1, 0.15) is 5.82 Å². The fraction of sp³-hybridized carbons (Fsp3) is 0.333. The van der Waals surface area contributed by atoms with Crippen LogP contribution in [-0.4, -0.2) is 42.2 Å². The van der Waals surface area contributed by atoms with Gasteiger partial charge < -0.3 is 14.2 Å². The fourth-order valence-electron chi connectivity index (χ4n) is 3.25. The normalized spacial score (nSPS) is 12.2. The molecular weight excluding hydrogens is 526 g/mol. The van der Waals surface area contributed by atoms with Crippen LogP contribution in [0, 0.1) is 0 Å². The molecule has 0 aliphatic heterocycles. The first-order valence-corrected chi connectivity index (χ1v) is 11.8. The molecular formula is C24H25BrClN3O5. The third-order valence-corrected chi connectivity index (χ3v) is 5.81. The lowest BCUT2D eigenvalue weighted by Crippen LogP contribution is -2.25. The van der Waals surface area contributed by atoms with Crippen molar-refractivity contribution in [2.75, 3.05) is 14.2 Å². The van der Waals surface area contributed by atoms with Crippen LogP contribution in [0.5, 0.6) is 11.5 Å². The molecule has 2 aromatic carbocycles. The summed E-state index contributed by atoms with van der Waals surface area (Å²) in [7, 11) is 2.73. The van der Waals surface area contributed by atoms with Crippen molar-refractivity contribution in [3.8, 4) is 11.5 Å². The minimum absolute atomic E-state index is 0.206. The molecule has 34 heavy (non-hydrogen) atoms. The Kier molecular flexibility index (Phi) is 8.68.